The zero-order valence-electron chi connectivity index (χ0n) is 12.8. The molecule has 0 saturated carbocycles. The van der Waals surface area contributed by atoms with Gasteiger partial charge in [0.1, 0.15) is 28.4 Å². The number of carbonyl (C=O) groups excluding carboxylic acids is 1. The maximum Gasteiger partial charge on any atom is 0.335 e. The molecule has 1 saturated heterocycles. The third-order valence-corrected chi connectivity index (χ3v) is 4.27. The van der Waals surface area contributed by atoms with Gasteiger partial charge in [0.15, 0.2) is 6.10 Å². The summed E-state index contributed by atoms with van der Waals surface area (Å²) in [6.45, 7) is 1.84. The van der Waals surface area contributed by atoms with Crippen molar-refractivity contribution in [3.63, 3.8) is 0 Å². The molecule has 0 aliphatic carbocycles. The van der Waals surface area contributed by atoms with E-state index in [1.54, 1.807) is 24.3 Å². The SMILES string of the molecule is Cc1cc([C@@H]2C[C@H](O)C(=O)O2)c2c(=O)c3c(O)cccc3oc2c1. The Bertz CT molecular complexity index is 1050. The number of ether oxygens (including phenoxy) is 1. The minimum absolute atomic E-state index is 0.0790. The summed E-state index contributed by atoms with van der Waals surface area (Å²) in [5, 5.41) is 20.0. The third kappa shape index (κ3) is 2.07. The Morgan fingerprint density at radius 2 is 1.92 bits per heavy atom. The number of phenols is 1. The lowest BCUT2D eigenvalue weighted by Gasteiger charge is -2.13. The molecule has 1 fully saturated rings. The number of carbonyl (C=O) groups is 1. The van der Waals surface area contributed by atoms with E-state index < -0.39 is 23.6 Å². The average molecular weight is 326 g/mol. The number of fused-ring (bicyclic) bond motifs is 2. The van der Waals surface area contributed by atoms with Crippen LogP contribution in [0.2, 0.25) is 0 Å². The quantitative estimate of drug-likeness (QED) is 0.526. The summed E-state index contributed by atoms with van der Waals surface area (Å²) in [6.07, 6.45) is -1.84. The predicted octanol–water partition coefficient (Wildman–Crippen LogP) is 2.31. The zero-order valence-corrected chi connectivity index (χ0v) is 12.8. The number of rotatable bonds is 1. The normalized spacial score (nSPS) is 20.7. The highest BCUT2D eigenvalue weighted by molar-refractivity contribution is 5.95. The summed E-state index contributed by atoms with van der Waals surface area (Å²) in [4.78, 5) is 24.5. The van der Waals surface area contributed by atoms with E-state index in [0.29, 0.717) is 11.1 Å². The molecule has 2 aromatic carbocycles. The van der Waals surface area contributed by atoms with Gasteiger partial charge in [0.05, 0.1) is 5.39 Å². The largest absolute Gasteiger partial charge is 0.507 e. The number of benzene rings is 2. The lowest BCUT2D eigenvalue weighted by molar-refractivity contribution is -0.147. The molecule has 2 N–H and O–H groups in total. The lowest BCUT2D eigenvalue weighted by Crippen LogP contribution is -2.11. The van der Waals surface area contributed by atoms with Crippen molar-refractivity contribution in [1.29, 1.82) is 0 Å². The second kappa shape index (κ2) is 5.07. The van der Waals surface area contributed by atoms with E-state index >= 15 is 0 Å². The molecule has 2 atom stereocenters. The van der Waals surface area contributed by atoms with Crippen molar-refractivity contribution in [2.45, 2.75) is 25.6 Å². The van der Waals surface area contributed by atoms with Crippen LogP contribution in [0, 0.1) is 6.92 Å². The van der Waals surface area contributed by atoms with Crippen LogP contribution < -0.4 is 5.43 Å². The molecule has 3 aromatic rings. The van der Waals surface area contributed by atoms with E-state index in [1.807, 2.05) is 6.92 Å². The molecule has 0 amide bonds. The second-order valence-electron chi connectivity index (χ2n) is 5.99. The van der Waals surface area contributed by atoms with E-state index in [9.17, 15) is 19.8 Å². The van der Waals surface area contributed by atoms with Gasteiger partial charge in [-0.2, -0.15) is 0 Å². The van der Waals surface area contributed by atoms with Crippen LogP contribution in [0.4, 0.5) is 0 Å². The highest BCUT2D eigenvalue weighted by Crippen LogP contribution is 2.35. The molecule has 0 unspecified atom stereocenters. The highest BCUT2D eigenvalue weighted by Gasteiger charge is 2.35. The summed E-state index contributed by atoms with van der Waals surface area (Å²) >= 11 is 0. The Morgan fingerprint density at radius 1 is 1.12 bits per heavy atom. The van der Waals surface area contributed by atoms with E-state index in [1.165, 1.54) is 6.07 Å². The predicted molar refractivity (Wildman–Crippen MR) is 85.8 cm³/mol. The van der Waals surface area contributed by atoms with Crippen molar-refractivity contribution in [2.24, 2.45) is 0 Å². The van der Waals surface area contributed by atoms with Crippen LogP contribution in [0.25, 0.3) is 21.9 Å². The van der Waals surface area contributed by atoms with Crippen LogP contribution >= 0.6 is 0 Å². The Morgan fingerprint density at radius 3 is 2.62 bits per heavy atom. The van der Waals surface area contributed by atoms with Crippen molar-refractivity contribution in [3.05, 3.63) is 51.7 Å². The lowest BCUT2D eigenvalue weighted by atomic mass is 9.97. The number of esters is 1. The van der Waals surface area contributed by atoms with E-state index in [4.69, 9.17) is 9.15 Å². The van der Waals surface area contributed by atoms with Crippen LogP contribution in [0.15, 0.2) is 39.5 Å². The maximum absolute atomic E-state index is 12.9. The summed E-state index contributed by atoms with van der Waals surface area (Å²) in [7, 11) is 0. The molecule has 122 valence electrons. The first-order valence-electron chi connectivity index (χ1n) is 7.53. The summed E-state index contributed by atoms with van der Waals surface area (Å²) in [5.74, 6) is -0.874. The molecule has 1 aliphatic heterocycles. The molecule has 0 bridgehead atoms. The van der Waals surface area contributed by atoms with Gasteiger partial charge < -0.3 is 19.4 Å². The van der Waals surface area contributed by atoms with E-state index in [2.05, 4.69) is 0 Å². The molecular formula is C18H14O6. The monoisotopic (exact) mass is 326 g/mol. The van der Waals surface area contributed by atoms with Gasteiger partial charge in [-0.25, -0.2) is 4.79 Å². The van der Waals surface area contributed by atoms with Gasteiger partial charge >= 0.3 is 5.97 Å². The molecule has 6 nitrogen and oxygen atoms in total. The van der Waals surface area contributed by atoms with Crippen molar-refractivity contribution in [3.8, 4) is 5.75 Å². The van der Waals surface area contributed by atoms with Crippen molar-refractivity contribution < 1.29 is 24.2 Å². The van der Waals surface area contributed by atoms with E-state index in [-0.39, 0.29) is 28.5 Å². The first kappa shape index (κ1) is 14.7. The summed E-state index contributed by atoms with van der Waals surface area (Å²) in [5.41, 5.74) is 1.56. The van der Waals surface area contributed by atoms with Gasteiger partial charge in [-0.05, 0) is 30.7 Å². The molecule has 2 heterocycles. The highest BCUT2D eigenvalue weighted by atomic mass is 16.6. The average Bonchev–Trinajstić information content (AvgIpc) is 2.85. The van der Waals surface area contributed by atoms with Crippen LogP contribution in [0.3, 0.4) is 0 Å². The molecule has 24 heavy (non-hydrogen) atoms. The van der Waals surface area contributed by atoms with Gasteiger partial charge in [0.25, 0.3) is 0 Å². The molecule has 0 radical (unpaired) electrons. The van der Waals surface area contributed by atoms with E-state index in [0.717, 1.165) is 5.56 Å². The summed E-state index contributed by atoms with van der Waals surface area (Å²) < 4.78 is 11.0. The van der Waals surface area contributed by atoms with Gasteiger partial charge in [-0.3, -0.25) is 4.79 Å². The molecule has 1 aliphatic rings. The van der Waals surface area contributed by atoms with Crippen LogP contribution in [-0.2, 0) is 9.53 Å². The van der Waals surface area contributed by atoms with Gasteiger partial charge in [0, 0.05) is 12.0 Å². The first-order valence-corrected chi connectivity index (χ1v) is 7.53. The van der Waals surface area contributed by atoms with Gasteiger partial charge in [-0.1, -0.05) is 12.1 Å². The fourth-order valence-corrected chi connectivity index (χ4v) is 3.19. The molecule has 1 aromatic heterocycles. The maximum atomic E-state index is 12.9. The number of phenolic OH excluding ortho intramolecular Hbond substituents is 1. The minimum atomic E-state index is -1.20. The third-order valence-electron chi connectivity index (χ3n) is 4.27. The fourth-order valence-electron chi connectivity index (χ4n) is 3.19. The fraction of sp³-hybridized carbons (Fsp3) is 0.222. The van der Waals surface area contributed by atoms with Crippen molar-refractivity contribution >= 4 is 27.9 Å². The first-order chi connectivity index (χ1) is 11.5. The van der Waals surface area contributed by atoms with Crippen molar-refractivity contribution in [1.82, 2.24) is 0 Å². The van der Waals surface area contributed by atoms with Crippen LogP contribution in [0.1, 0.15) is 23.7 Å². The standard InChI is InChI=1S/C18H14O6/c1-8-5-9(13-7-11(20)18(22)24-13)15-14(6-8)23-12-4-2-3-10(19)16(12)17(15)21/h2-6,11,13,19-20H,7H2,1H3/t11-,13-/m0/s1. The smallest absolute Gasteiger partial charge is 0.335 e. The second-order valence-corrected chi connectivity index (χ2v) is 5.99. The summed E-state index contributed by atoms with van der Waals surface area (Å²) in [6, 6.07) is 8.08. The number of hydrogen-bond donors (Lipinski definition) is 2. The minimum Gasteiger partial charge on any atom is -0.507 e. The van der Waals surface area contributed by atoms with Gasteiger partial charge in [-0.15, -0.1) is 0 Å². The number of cyclic esters (lactones) is 1. The van der Waals surface area contributed by atoms with Gasteiger partial charge in [0.2, 0.25) is 5.43 Å². The van der Waals surface area contributed by atoms with Crippen LogP contribution in [0.5, 0.6) is 5.75 Å². The number of aromatic hydroxyl groups is 1. The molecular weight excluding hydrogens is 312 g/mol. The Kier molecular flexibility index (Phi) is 3.11. The number of aliphatic hydroxyl groups excluding tert-OH is 1. The molecule has 0 spiro atoms. The Balaban J connectivity index is 2.09. The Hall–Kier alpha value is -2.86. The topological polar surface area (TPSA) is 97.0 Å². The Labute approximate surface area is 135 Å². The molecule has 6 heteroatoms. The zero-order chi connectivity index (χ0) is 17.0. The molecule has 4 rings (SSSR count). The number of hydrogen-bond acceptors (Lipinski definition) is 6. The number of aliphatic hydroxyl groups is 1. The van der Waals surface area contributed by atoms with Crippen molar-refractivity contribution in [2.75, 3.05) is 0 Å². The van der Waals surface area contributed by atoms with Crippen LogP contribution in [-0.4, -0.2) is 22.3 Å². The number of aryl methyl sites for hydroxylation is 1.